The van der Waals surface area contributed by atoms with Crippen LogP contribution in [-0.2, 0) is 21.3 Å². The predicted octanol–water partition coefficient (Wildman–Crippen LogP) is 5.71. The highest BCUT2D eigenvalue weighted by atomic mass is 32.2. The minimum Gasteiger partial charge on any atom is -0.481 e. The summed E-state index contributed by atoms with van der Waals surface area (Å²) >= 11 is 2.96. The van der Waals surface area contributed by atoms with Crippen LogP contribution in [-0.4, -0.2) is 55.3 Å². The van der Waals surface area contributed by atoms with Gasteiger partial charge in [-0.05, 0) is 51.0 Å². The van der Waals surface area contributed by atoms with Crippen LogP contribution in [0.15, 0.2) is 40.7 Å². The van der Waals surface area contributed by atoms with Gasteiger partial charge in [0.05, 0.1) is 22.4 Å². The monoisotopic (exact) mass is 537 g/mol. The second kappa shape index (κ2) is 12.9. The third-order valence-corrected chi connectivity index (χ3v) is 10.3. The molecule has 2 aromatic rings. The van der Waals surface area contributed by atoms with Gasteiger partial charge < -0.3 is 10.0 Å². The van der Waals surface area contributed by atoms with Crippen molar-refractivity contribution in [1.82, 2.24) is 9.88 Å². The molecule has 10 heteroatoms. The molecule has 0 radical (unpaired) electrons. The Hall–Kier alpha value is -1.91. The Labute approximate surface area is 218 Å². The van der Waals surface area contributed by atoms with Crippen LogP contribution in [0.4, 0.5) is 9.93 Å². The molecule has 1 fully saturated rings. The quantitative estimate of drug-likeness (QED) is 0.356. The smallest absolute Gasteiger partial charge is 0.323 e. The number of carbonyl (C=O) groups is 2. The molecule has 1 aliphatic rings. The number of anilines is 1. The van der Waals surface area contributed by atoms with Crippen LogP contribution in [0.5, 0.6) is 0 Å². The van der Waals surface area contributed by atoms with Gasteiger partial charge in [-0.25, -0.2) is 9.78 Å². The van der Waals surface area contributed by atoms with Crippen molar-refractivity contribution in [2.24, 2.45) is 11.3 Å². The summed E-state index contributed by atoms with van der Waals surface area (Å²) in [4.78, 5) is 30.8. The van der Waals surface area contributed by atoms with Gasteiger partial charge in [0.2, 0.25) is 0 Å². The van der Waals surface area contributed by atoms with E-state index in [0.717, 1.165) is 48.5 Å². The average Bonchev–Trinajstić information content (AvgIpc) is 3.29. The molecule has 1 saturated carbocycles. The molecule has 7 nitrogen and oxygen atoms in total. The van der Waals surface area contributed by atoms with Crippen molar-refractivity contribution in [3.05, 3.63) is 42.1 Å². The van der Waals surface area contributed by atoms with E-state index in [1.807, 2.05) is 34.9 Å². The van der Waals surface area contributed by atoms with Gasteiger partial charge in [0.25, 0.3) is 0 Å². The molecule has 2 N–H and O–H groups in total. The number of hydrogen-bond donors (Lipinski definition) is 2. The van der Waals surface area contributed by atoms with Crippen LogP contribution < -0.4 is 5.32 Å². The lowest BCUT2D eigenvalue weighted by atomic mass is 9.86. The van der Waals surface area contributed by atoms with E-state index in [4.69, 9.17) is 0 Å². The molecule has 1 heterocycles. The number of aromatic nitrogens is 1. The zero-order valence-corrected chi connectivity index (χ0v) is 23.0. The number of hydrogen-bond acceptors (Lipinski definition) is 6. The van der Waals surface area contributed by atoms with E-state index in [1.54, 1.807) is 13.8 Å². The highest BCUT2D eigenvalue weighted by molar-refractivity contribution is 7.98. The molecule has 2 amide bonds. The molecular formula is C25H35N3O4S3. The van der Waals surface area contributed by atoms with Crippen molar-refractivity contribution < 1.29 is 18.9 Å². The summed E-state index contributed by atoms with van der Waals surface area (Å²) in [6.07, 6.45) is 5.69. The molecule has 0 saturated heterocycles. The second-order valence-electron chi connectivity index (χ2n) is 9.74. The molecule has 1 atom stereocenters. The Balaban J connectivity index is 1.60. The van der Waals surface area contributed by atoms with E-state index in [9.17, 15) is 18.9 Å². The first-order valence-corrected chi connectivity index (χ1v) is 15.2. The third kappa shape index (κ3) is 8.32. The van der Waals surface area contributed by atoms with Gasteiger partial charge in [-0.3, -0.25) is 14.3 Å². The van der Waals surface area contributed by atoms with E-state index in [0.29, 0.717) is 21.8 Å². The molecule has 1 unspecified atom stereocenters. The summed E-state index contributed by atoms with van der Waals surface area (Å²) in [6.45, 7) is 6.02. The zero-order valence-electron chi connectivity index (χ0n) is 20.6. The summed E-state index contributed by atoms with van der Waals surface area (Å²) in [5.74, 6) is 1.43. The lowest BCUT2D eigenvalue weighted by Crippen LogP contribution is -2.45. The minimum atomic E-state index is -1.50. The topological polar surface area (TPSA) is 99.6 Å². The van der Waals surface area contributed by atoms with E-state index < -0.39 is 22.2 Å². The number of carbonyl (C=O) groups excluding carboxylic acids is 1. The van der Waals surface area contributed by atoms with Crippen molar-refractivity contribution in [3.63, 3.8) is 0 Å². The van der Waals surface area contributed by atoms with Crippen LogP contribution in [0.25, 0.3) is 0 Å². The fourth-order valence-electron chi connectivity index (χ4n) is 3.98. The predicted molar refractivity (Wildman–Crippen MR) is 145 cm³/mol. The van der Waals surface area contributed by atoms with E-state index in [-0.39, 0.29) is 17.8 Å². The lowest BCUT2D eigenvalue weighted by molar-refractivity contribution is -0.145. The number of aliphatic carboxylic acids is 1. The van der Waals surface area contributed by atoms with E-state index in [2.05, 4.69) is 29.4 Å². The molecule has 0 bridgehead atoms. The summed E-state index contributed by atoms with van der Waals surface area (Å²) in [5, 5.41) is 12.6. The number of amides is 2. The number of thiazole rings is 1. The minimum absolute atomic E-state index is 0.0110. The first-order chi connectivity index (χ1) is 16.7. The highest BCUT2D eigenvalue weighted by Crippen LogP contribution is 2.30. The number of nitrogens with zero attached hydrogens (tertiary/aromatic N) is 2. The summed E-state index contributed by atoms with van der Waals surface area (Å²) in [6, 6.07) is 10.3. The molecule has 1 aromatic heterocycles. The van der Waals surface area contributed by atoms with Crippen LogP contribution in [0.1, 0.15) is 52.0 Å². The maximum absolute atomic E-state index is 13.3. The fourth-order valence-corrected chi connectivity index (χ4v) is 7.29. The SMILES string of the molecule is CC1CCC(N(CCSCc2ccccc2)C(=O)Nc2ncc(S(=O)CC(C)(C)C(=O)O)s2)CC1. The highest BCUT2D eigenvalue weighted by Gasteiger charge is 2.31. The Kier molecular flexibility index (Phi) is 10.2. The Bertz CT molecular complexity index is 1000. The van der Waals surface area contributed by atoms with Gasteiger partial charge in [-0.1, -0.05) is 48.6 Å². The van der Waals surface area contributed by atoms with Crippen LogP contribution in [0.2, 0.25) is 0 Å². The first-order valence-electron chi connectivity index (χ1n) is 11.9. The van der Waals surface area contributed by atoms with Crippen molar-refractivity contribution in [3.8, 4) is 0 Å². The van der Waals surface area contributed by atoms with Crippen molar-refractivity contribution in [2.45, 2.75) is 62.5 Å². The lowest BCUT2D eigenvalue weighted by Gasteiger charge is -2.36. The normalized spacial score (nSPS) is 19.2. The molecule has 192 valence electrons. The van der Waals surface area contributed by atoms with Crippen LogP contribution in [0, 0.1) is 11.3 Å². The second-order valence-corrected chi connectivity index (χ2v) is 13.6. The maximum atomic E-state index is 13.3. The summed E-state index contributed by atoms with van der Waals surface area (Å²) in [5.41, 5.74) is 0.166. The van der Waals surface area contributed by atoms with E-state index >= 15 is 0 Å². The van der Waals surface area contributed by atoms with Crippen molar-refractivity contribution in [1.29, 1.82) is 0 Å². The molecule has 1 aromatic carbocycles. The van der Waals surface area contributed by atoms with Gasteiger partial charge >= 0.3 is 12.0 Å². The van der Waals surface area contributed by atoms with Crippen molar-refractivity contribution >= 4 is 51.0 Å². The van der Waals surface area contributed by atoms with Gasteiger partial charge in [0.1, 0.15) is 4.21 Å². The zero-order chi connectivity index (χ0) is 25.4. The number of benzene rings is 1. The Morgan fingerprint density at radius 1 is 1.23 bits per heavy atom. The molecular weight excluding hydrogens is 502 g/mol. The molecule has 0 spiro atoms. The summed E-state index contributed by atoms with van der Waals surface area (Å²) in [7, 11) is -1.50. The number of carboxylic acid groups (broad SMARTS) is 1. The van der Waals surface area contributed by atoms with E-state index in [1.165, 1.54) is 11.8 Å². The average molecular weight is 538 g/mol. The number of carboxylic acids is 1. The molecule has 0 aliphatic heterocycles. The van der Waals surface area contributed by atoms with Gasteiger partial charge in [-0.15, -0.1) is 0 Å². The van der Waals surface area contributed by atoms with Gasteiger partial charge in [0, 0.05) is 29.8 Å². The largest absolute Gasteiger partial charge is 0.481 e. The number of rotatable bonds is 11. The standard InChI is InChI=1S/C25H35N3O4S3/c1-18-9-11-20(12-10-18)28(13-14-33-16-19-7-5-4-6-8-19)24(31)27-23-26-15-21(34-23)35(32)17-25(2,3)22(29)30/h4-8,15,18,20H,9-14,16-17H2,1-3H3,(H,29,30)(H,26,27,31). The number of nitrogens with one attached hydrogen (secondary N) is 1. The third-order valence-electron chi connectivity index (χ3n) is 6.27. The van der Waals surface area contributed by atoms with Crippen LogP contribution in [0.3, 0.4) is 0 Å². The van der Waals surface area contributed by atoms with Gasteiger partial charge in [-0.2, -0.15) is 11.8 Å². The van der Waals surface area contributed by atoms with Crippen molar-refractivity contribution in [2.75, 3.05) is 23.4 Å². The number of thioether (sulfide) groups is 1. The molecule has 3 rings (SSSR count). The Morgan fingerprint density at radius 2 is 1.91 bits per heavy atom. The molecule has 1 aliphatic carbocycles. The first kappa shape index (κ1) is 27.7. The maximum Gasteiger partial charge on any atom is 0.323 e. The molecule has 35 heavy (non-hydrogen) atoms. The number of urea groups is 1. The fraction of sp³-hybridized carbons (Fsp3) is 0.560. The Morgan fingerprint density at radius 3 is 2.57 bits per heavy atom. The summed E-state index contributed by atoms with van der Waals surface area (Å²) < 4.78 is 13.1. The van der Waals surface area contributed by atoms with Gasteiger partial charge in [0.15, 0.2) is 5.13 Å². The van der Waals surface area contributed by atoms with Crippen LogP contribution >= 0.6 is 23.1 Å².